The van der Waals surface area contributed by atoms with Crippen molar-refractivity contribution in [1.29, 1.82) is 0 Å². The third-order valence-corrected chi connectivity index (χ3v) is 3.72. The lowest BCUT2D eigenvalue weighted by atomic mass is 10.1. The van der Waals surface area contributed by atoms with Crippen LogP contribution in [-0.4, -0.2) is 33.0 Å². The number of rotatable bonds is 1. The number of fused-ring (bicyclic) bond motifs is 1. The van der Waals surface area contributed by atoms with E-state index in [1.54, 1.807) is 6.20 Å². The van der Waals surface area contributed by atoms with Gasteiger partial charge in [0, 0.05) is 6.61 Å². The lowest BCUT2D eigenvalue weighted by molar-refractivity contribution is 0.0561. The fourth-order valence-corrected chi connectivity index (χ4v) is 2.77. The van der Waals surface area contributed by atoms with E-state index in [4.69, 9.17) is 16.3 Å². The van der Waals surface area contributed by atoms with Crippen LogP contribution in [-0.2, 0) is 4.74 Å². The topological polar surface area (TPSA) is 52.8 Å². The Balaban J connectivity index is 2.11. The summed E-state index contributed by atoms with van der Waals surface area (Å²) in [7, 11) is 0. The van der Waals surface area contributed by atoms with E-state index in [0.717, 1.165) is 34.3 Å². The zero-order chi connectivity index (χ0) is 11.8. The van der Waals surface area contributed by atoms with Gasteiger partial charge in [-0.15, -0.1) is 0 Å². The van der Waals surface area contributed by atoms with Crippen LogP contribution in [0.5, 0.6) is 0 Å². The van der Waals surface area contributed by atoms with E-state index >= 15 is 0 Å². The van der Waals surface area contributed by atoms with Gasteiger partial charge in [0.25, 0.3) is 0 Å². The highest BCUT2D eigenvalue weighted by molar-refractivity contribution is 14.1. The van der Waals surface area contributed by atoms with Crippen molar-refractivity contribution in [2.24, 2.45) is 0 Å². The van der Waals surface area contributed by atoms with Gasteiger partial charge in [-0.25, -0.2) is 14.6 Å². The van der Waals surface area contributed by atoms with Gasteiger partial charge in [-0.2, -0.15) is 5.10 Å². The number of nitrogens with zero attached hydrogens (tertiary/aromatic N) is 4. The zero-order valence-electron chi connectivity index (χ0n) is 8.94. The predicted molar refractivity (Wildman–Crippen MR) is 72.1 cm³/mol. The highest BCUT2D eigenvalue weighted by Gasteiger charge is 2.21. The zero-order valence-corrected chi connectivity index (χ0v) is 11.8. The third kappa shape index (κ3) is 2.13. The smallest absolute Gasteiger partial charge is 0.179 e. The summed E-state index contributed by atoms with van der Waals surface area (Å²) >= 11 is 8.06. The van der Waals surface area contributed by atoms with Crippen LogP contribution in [0.3, 0.4) is 0 Å². The Bertz CT molecular complexity index is 552. The maximum Gasteiger partial charge on any atom is 0.179 e. The van der Waals surface area contributed by atoms with Crippen LogP contribution in [0.25, 0.3) is 11.2 Å². The van der Waals surface area contributed by atoms with Gasteiger partial charge in [-0.3, -0.25) is 0 Å². The van der Waals surface area contributed by atoms with Crippen LogP contribution in [0.15, 0.2) is 6.20 Å². The van der Waals surface area contributed by atoms with Gasteiger partial charge in [-0.1, -0.05) is 11.6 Å². The molecule has 0 saturated carbocycles. The molecule has 1 aliphatic rings. The normalized spacial score (nSPS) is 20.9. The molecule has 3 rings (SSSR count). The molecule has 2 aromatic rings. The van der Waals surface area contributed by atoms with Crippen molar-refractivity contribution in [2.45, 2.75) is 18.9 Å². The molecule has 0 amide bonds. The lowest BCUT2D eigenvalue weighted by Crippen LogP contribution is -2.22. The fourth-order valence-electron chi connectivity index (χ4n) is 2.02. The quantitative estimate of drug-likeness (QED) is 0.729. The van der Waals surface area contributed by atoms with Crippen molar-refractivity contribution in [2.75, 3.05) is 13.2 Å². The van der Waals surface area contributed by atoms with Crippen molar-refractivity contribution in [3.05, 3.63) is 15.1 Å². The minimum absolute atomic E-state index is 0.238. The molecule has 1 fully saturated rings. The van der Waals surface area contributed by atoms with E-state index in [-0.39, 0.29) is 6.04 Å². The molecular formula is C10H10ClIN4O. The molecule has 7 heteroatoms. The maximum absolute atomic E-state index is 5.89. The Hall–Kier alpha value is -0.470. The Kier molecular flexibility index (Phi) is 3.18. The predicted octanol–water partition coefficient (Wildman–Crippen LogP) is 2.44. The molecule has 0 aromatic carbocycles. The second-order valence-electron chi connectivity index (χ2n) is 3.97. The summed E-state index contributed by atoms with van der Waals surface area (Å²) in [5, 5.41) is 4.89. The first-order valence-corrected chi connectivity index (χ1v) is 6.85. The molecule has 2 aromatic heterocycles. The largest absolute Gasteiger partial charge is 0.379 e. The van der Waals surface area contributed by atoms with Gasteiger partial charge >= 0.3 is 0 Å². The van der Waals surface area contributed by atoms with Crippen molar-refractivity contribution in [3.63, 3.8) is 0 Å². The Morgan fingerprint density at radius 1 is 1.53 bits per heavy atom. The molecule has 1 atom stereocenters. The molecule has 0 radical (unpaired) electrons. The molecular weight excluding hydrogens is 354 g/mol. The monoisotopic (exact) mass is 364 g/mol. The van der Waals surface area contributed by atoms with E-state index in [1.807, 2.05) is 4.68 Å². The average Bonchev–Trinajstić information content (AvgIpc) is 2.67. The summed E-state index contributed by atoms with van der Waals surface area (Å²) in [4.78, 5) is 8.58. The lowest BCUT2D eigenvalue weighted by Gasteiger charge is -2.22. The molecule has 5 nitrogen and oxygen atoms in total. The van der Waals surface area contributed by atoms with Gasteiger partial charge in [0.2, 0.25) is 0 Å². The molecule has 1 saturated heterocycles. The van der Waals surface area contributed by atoms with E-state index in [0.29, 0.717) is 11.8 Å². The highest BCUT2D eigenvalue weighted by Crippen LogP contribution is 2.25. The summed E-state index contributed by atoms with van der Waals surface area (Å²) in [6.45, 7) is 1.51. The second-order valence-corrected chi connectivity index (χ2v) is 5.38. The van der Waals surface area contributed by atoms with Crippen LogP contribution >= 0.6 is 34.2 Å². The third-order valence-electron chi connectivity index (χ3n) is 2.81. The van der Waals surface area contributed by atoms with E-state index in [1.165, 1.54) is 0 Å². The Morgan fingerprint density at radius 2 is 2.41 bits per heavy atom. The van der Waals surface area contributed by atoms with Crippen LogP contribution in [0, 0.1) is 3.70 Å². The first kappa shape index (κ1) is 11.6. The van der Waals surface area contributed by atoms with Gasteiger partial charge in [-0.05, 0) is 35.4 Å². The number of aromatic nitrogens is 4. The summed E-state index contributed by atoms with van der Waals surface area (Å²) in [6, 6.07) is 0.238. The van der Waals surface area contributed by atoms with Crippen molar-refractivity contribution >= 4 is 45.4 Å². The molecule has 0 N–H and O–H groups in total. The summed E-state index contributed by atoms with van der Waals surface area (Å²) in [5.41, 5.74) is 1.55. The van der Waals surface area contributed by atoms with Crippen LogP contribution in [0.1, 0.15) is 18.9 Å². The van der Waals surface area contributed by atoms with Crippen molar-refractivity contribution in [1.82, 2.24) is 19.7 Å². The molecule has 1 unspecified atom stereocenters. The molecule has 1 aliphatic heterocycles. The Morgan fingerprint density at radius 3 is 3.18 bits per heavy atom. The van der Waals surface area contributed by atoms with E-state index in [9.17, 15) is 0 Å². The number of halogens is 2. The number of hydrogen-bond acceptors (Lipinski definition) is 4. The van der Waals surface area contributed by atoms with E-state index in [2.05, 4.69) is 37.7 Å². The molecule has 0 bridgehead atoms. The SMILES string of the molecule is Clc1cnc2c(I)nn(C3CCCOC3)c2n1. The van der Waals surface area contributed by atoms with Gasteiger partial charge in [0.05, 0.1) is 18.8 Å². The van der Waals surface area contributed by atoms with Gasteiger partial charge in [0.15, 0.2) is 9.35 Å². The second kappa shape index (κ2) is 4.66. The maximum atomic E-state index is 5.89. The minimum atomic E-state index is 0.238. The molecule has 3 heterocycles. The first-order valence-electron chi connectivity index (χ1n) is 5.39. The van der Waals surface area contributed by atoms with Crippen LogP contribution < -0.4 is 0 Å². The highest BCUT2D eigenvalue weighted by atomic mass is 127. The summed E-state index contributed by atoms with van der Waals surface area (Å²) in [5.74, 6) is 0. The van der Waals surface area contributed by atoms with E-state index < -0.39 is 0 Å². The summed E-state index contributed by atoms with van der Waals surface area (Å²) < 4.78 is 8.23. The van der Waals surface area contributed by atoms with Crippen molar-refractivity contribution < 1.29 is 4.74 Å². The van der Waals surface area contributed by atoms with Crippen LogP contribution in [0.4, 0.5) is 0 Å². The standard InChI is InChI=1S/C10H10ClIN4O/c11-7-4-13-8-9(12)15-16(10(8)14-7)6-2-1-3-17-5-6/h4,6H,1-3,5H2. The average molecular weight is 365 g/mol. The number of ether oxygens (including phenoxy) is 1. The molecule has 17 heavy (non-hydrogen) atoms. The molecule has 0 aliphatic carbocycles. The van der Waals surface area contributed by atoms with Gasteiger partial charge < -0.3 is 4.74 Å². The molecule has 90 valence electrons. The molecule has 0 spiro atoms. The first-order chi connectivity index (χ1) is 8.25. The number of hydrogen-bond donors (Lipinski definition) is 0. The van der Waals surface area contributed by atoms with Crippen molar-refractivity contribution in [3.8, 4) is 0 Å². The minimum Gasteiger partial charge on any atom is -0.379 e. The van der Waals surface area contributed by atoms with Crippen LogP contribution in [0.2, 0.25) is 5.15 Å². The van der Waals surface area contributed by atoms with Gasteiger partial charge in [0.1, 0.15) is 10.7 Å². The Labute approximate surface area is 117 Å². The summed E-state index contributed by atoms with van der Waals surface area (Å²) in [6.07, 6.45) is 3.66. The fraction of sp³-hybridized carbons (Fsp3) is 0.500.